The van der Waals surface area contributed by atoms with Gasteiger partial charge in [0.05, 0.1) is 0 Å². The molecular weight excluding hydrogens is 192 g/mol. The van der Waals surface area contributed by atoms with Crippen LogP contribution in [-0.4, -0.2) is 31.1 Å². The van der Waals surface area contributed by atoms with Gasteiger partial charge in [-0.2, -0.15) is 0 Å². The first-order chi connectivity index (χ1) is 6.77. The molecule has 14 heavy (non-hydrogen) atoms. The lowest BCUT2D eigenvalue weighted by Crippen LogP contribution is -2.44. The van der Waals surface area contributed by atoms with Crippen molar-refractivity contribution < 1.29 is 0 Å². The van der Waals surface area contributed by atoms with E-state index in [9.17, 15) is 0 Å². The summed E-state index contributed by atoms with van der Waals surface area (Å²) in [6, 6.07) is 5.08. The topological polar surface area (TPSA) is 15.3 Å². The molecular formula is C11H18N2S. The molecule has 1 N–H and O–H groups in total. The molecule has 0 aromatic carbocycles. The summed E-state index contributed by atoms with van der Waals surface area (Å²) in [5.74, 6) is 0. The Balaban J connectivity index is 2.03. The van der Waals surface area contributed by atoms with Crippen LogP contribution in [0.2, 0.25) is 0 Å². The molecule has 1 saturated heterocycles. The molecule has 1 aromatic heterocycles. The molecule has 0 amide bonds. The quantitative estimate of drug-likeness (QED) is 0.803. The van der Waals surface area contributed by atoms with Crippen molar-refractivity contribution in [3.05, 3.63) is 21.9 Å². The Bertz CT molecular complexity index is 289. The molecule has 0 radical (unpaired) electrons. The molecule has 1 aliphatic rings. The largest absolute Gasteiger partial charge is 0.314 e. The number of aryl methyl sites for hydroxylation is 1. The summed E-state index contributed by atoms with van der Waals surface area (Å²) >= 11 is 1.93. The smallest absolute Gasteiger partial charge is 0.0414 e. The molecule has 78 valence electrons. The van der Waals surface area contributed by atoms with Crippen molar-refractivity contribution in [2.24, 2.45) is 0 Å². The van der Waals surface area contributed by atoms with Gasteiger partial charge < -0.3 is 5.32 Å². The fourth-order valence-electron chi connectivity index (χ4n) is 1.93. The number of nitrogens with one attached hydrogen (secondary N) is 1. The van der Waals surface area contributed by atoms with Gasteiger partial charge in [-0.15, -0.1) is 11.3 Å². The Morgan fingerprint density at radius 3 is 2.64 bits per heavy atom. The van der Waals surface area contributed by atoms with Crippen LogP contribution < -0.4 is 5.32 Å². The summed E-state index contributed by atoms with van der Waals surface area (Å²) in [6.45, 7) is 9.12. The van der Waals surface area contributed by atoms with Gasteiger partial charge >= 0.3 is 0 Å². The first-order valence-electron chi connectivity index (χ1n) is 5.28. The molecule has 3 heteroatoms. The highest BCUT2D eigenvalue weighted by Crippen LogP contribution is 2.27. The average Bonchev–Trinajstić information content (AvgIpc) is 2.65. The first kappa shape index (κ1) is 10.1. The van der Waals surface area contributed by atoms with Crippen LogP contribution in [0.5, 0.6) is 0 Å². The van der Waals surface area contributed by atoms with Crippen LogP contribution in [0.15, 0.2) is 12.1 Å². The zero-order chi connectivity index (χ0) is 9.97. The fraction of sp³-hybridized carbons (Fsp3) is 0.636. The highest BCUT2D eigenvalue weighted by molar-refractivity contribution is 7.12. The normalized spacial score (nSPS) is 21.0. The summed E-state index contributed by atoms with van der Waals surface area (Å²) in [5, 5.41) is 3.39. The Morgan fingerprint density at radius 2 is 2.07 bits per heavy atom. The van der Waals surface area contributed by atoms with Crippen molar-refractivity contribution in [1.82, 2.24) is 10.2 Å². The predicted octanol–water partition coefficient (Wildman–Crippen LogP) is 2.02. The van der Waals surface area contributed by atoms with Crippen LogP contribution in [0, 0.1) is 6.92 Å². The molecule has 1 aromatic rings. The van der Waals surface area contributed by atoms with E-state index in [-0.39, 0.29) is 0 Å². The van der Waals surface area contributed by atoms with E-state index < -0.39 is 0 Å². The number of hydrogen-bond donors (Lipinski definition) is 1. The zero-order valence-corrected chi connectivity index (χ0v) is 9.73. The van der Waals surface area contributed by atoms with Crippen LogP contribution in [0.3, 0.4) is 0 Å². The minimum atomic E-state index is 0.593. The third-order valence-electron chi connectivity index (χ3n) is 2.87. The monoisotopic (exact) mass is 210 g/mol. The fourth-order valence-corrected chi connectivity index (χ4v) is 2.89. The van der Waals surface area contributed by atoms with Crippen LogP contribution in [0.4, 0.5) is 0 Å². The number of hydrogen-bond acceptors (Lipinski definition) is 3. The molecule has 0 spiro atoms. The van der Waals surface area contributed by atoms with E-state index in [2.05, 4.69) is 36.2 Å². The molecule has 1 fully saturated rings. The van der Waals surface area contributed by atoms with E-state index in [1.807, 2.05) is 11.3 Å². The van der Waals surface area contributed by atoms with Crippen LogP contribution >= 0.6 is 11.3 Å². The van der Waals surface area contributed by atoms with Crippen LogP contribution in [0.25, 0.3) is 0 Å². The van der Waals surface area contributed by atoms with Crippen molar-refractivity contribution >= 4 is 11.3 Å². The zero-order valence-electron chi connectivity index (χ0n) is 8.92. The second-order valence-electron chi connectivity index (χ2n) is 3.91. The van der Waals surface area contributed by atoms with Gasteiger partial charge in [0.25, 0.3) is 0 Å². The minimum absolute atomic E-state index is 0.593. The summed E-state index contributed by atoms with van der Waals surface area (Å²) in [7, 11) is 0. The van der Waals surface area contributed by atoms with E-state index in [1.165, 1.54) is 22.8 Å². The van der Waals surface area contributed by atoms with E-state index >= 15 is 0 Å². The van der Waals surface area contributed by atoms with Gasteiger partial charge in [-0.25, -0.2) is 0 Å². The maximum atomic E-state index is 3.39. The van der Waals surface area contributed by atoms with Crippen molar-refractivity contribution in [2.75, 3.05) is 26.2 Å². The van der Waals surface area contributed by atoms with E-state index in [0.29, 0.717) is 6.04 Å². The van der Waals surface area contributed by atoms with Gasteiger partial charge in [-0.3, -0.25) is 4.90 Å². The maximum Gasteiger partial charge on any atom is 0.0414 e. The lowest BCUT2D eigenvalue weighted by molar-refractivity contribution is 0.188. The number of piperazine rings is 1. The molecule has 0 aliphatic carbocycles. The maximum absolute atomic E-state index is 3.39. The third-order valence-corrected chi connectivity index (χ3v) is 4.04. The van der Waals surface area contributed by atoms with E-state index in [4.69, 9.17) is 0 Å². The van der Waals surface area contributed by atoms with Crippen molar-refractivity contribution in [1.29, 1.82) is 0 Å². The van der Waals surface area contributed by atoms with E-state index in [1.54, 1.807) is 0 Å². The standard InChI is InChI=1S/C11H18N2S/c1-9-3-4-11(14-9)10(2)13-7-5-12-6-8-13/h3-4,10,12H,5-8H2,1-2H3/t10-/m1/s1. The number of rotatable bonds is 2. The summed E-state index contributed by atoms with van der Waals surface area (Å²) in [6.07, 6.45) is 0. The summed E-state index contributed by atoms with van der Waals surface area (Å²) < 4.78 is 0. The Labute approximate surface area is 89.9 Å². The average molecular weight is 210 g/mol. The molecule has 1 aliphatic heterocycles. The number of nitrogens with zero attached hydrogens (tertiary/aromatic N) is 1. The Morgan fingerprint density at radius 1 is 1.36 bits per heavy atom. The first-order valence-corrected chi connectivity index (χ1v) is 6.10. The molecule has 2 heterocycles. The van der Waals surface area contributed by atoms with Crippen molar-refractivity contribution in [3.8, 4) is 0 Å². The molecule has 0 unspecified atom stereocenters. The second-order valence-corrected chi connectivity index (χ2v) is 5.23. The third kappa shape index (κ3) is 2.16. The second kappa shape index (κ2) is 4.43. The van der Waals surface area contributed by atoms with Gasteiger partial charge in [0.2, 0.25) is 0 Å². The van der Waals surface area contributed by atoms with Gasteiger partial charge in [-0.1, -0.05) is 0 Å². The molecule has 0 saturated carbocycles. The van der Waals surface area contributed by atoms with Gasteiger partial charge in [0, 0.05) is 42.0 Å². The van der Waals surface area contributed by atoms with Crippen LogP contribution in [0.1, 0.15) is 22.7 Å². The lowest BCUT2D eigenvalue weighted by Gasteiger charge is -2.32. The lowest BCUT2D eigenvalue weighted by atomic mass is 10.2. The highest BCUT2D eigenvalue weighted by Gasteiger charge is 2.18. The van der Waals surface area contributed by atoms with Gasteiger partial charge in [0.1, 0.15) is 0 Å². The Hall–Kier alpha value is -0.380. The minimum Gasteiger partial charge on any atom is -0.314 e. The van der Waals surface area contributed by atoms with Gasteiger partial charge in [-0.05, 0) is 26.0 Å². The predicted molar refractivity (Wildman–Crippen MR) is 61.9 cm³/mol. The van der Waals surface area contributed by atoms with Crippen molar-refractivity contribution in [3.63, 3.8) is 0 Å². The molecule has 0 bridgehead atoms. The summed E-state index contributed by atoms with van der Waals surface area (Å²) in [4.78, 5) is 5.48. The van der Waals surface area contributed by atoms with Crippen LogP contribution in [-0.2, 0) is 0 Å². The molecule has 2 nitrogen and oxygen atoms in total. The molecule has 1 atom stereocenters. The SMILES string of the molecule is Cc1ccc([C@@H](C)N2CCNCC2)s1. The van der Waals surface area contributed by atoms with Crippen molar-refractivity contribution in [2.45, 2.75) is 19.9 Å². The Kier molecular flexibility index (Phi) is 3.21. The number of thiophene rings is 1. The summed E-state index contributed by atoms with van der Waals surface area (Å²) in [5.41, 5.74) is 0. The highest BCUT2D eigenvalue weighted by atomic mass is 32.1. The van der Waals surface area contributed by atoms with E-state index in [0.717, 1.165) is 13.1 Å². The molecule has 2 rings (SSSR count). The van der Waals surface area contributed by atoms with Gasteiger partial charge in [0.15, 0.2) is 0 Å².